The van der Waals surface area contributed by atoms with Gasteiger partial charge < -0.3 is 22.2 Å². The van der Waals surface area contributed by atoms with Gasteiger partial charge in [-0.05, 0) is 31.5 Å². The third-order valence-electron chi connectivity index (χ3n) is 4.28. The number of alkyl halides is 3. The Morgan fingerprint density at radius 2 is 1.58 bits per heavy atom. The molecular weight excluding hydrogens is 433 g/mol. The fraction of sp³-hybridized carbons (Fsp3) is 0.625. The predicted octanol–water partition coefficient (Wildman–Crippen LogP) is 2.64. The molecule has 1 rings (SSSR count). The van der Waals surface area contributed by atoms with Gasteiger partial charge in [0.25, 0.3) is 0 Å². The van der Waals surface area contributed by atoms with Crippen molar-refractivity contribution >= 4 is 58.8 Å². The van der Waals surface area contributed by atoms with E-state index in [1.165, 1.54) is 0 Å². The summed E-state index contributed by atoms with van der Waals surface area (Å²) in [6.45, 7) is 8.59. The van der Waals surface area contributed by atoms with Crippen LogP contribution >= 0.6 is 58.8 Å². The van der Waals surface area contributed by atoms with Crippen molar-refractivity contribution in [2.75, 3.05) is 33.2 Å². The number of halogens is 6. The van der Waals surface area contributed by atoms with Crippen molar-refractivity contribution in [1.82, 2.24) is 5.32 Å². The highest BCUT2D eigenvalue weighted by molar-refractivity contribution is 6.68. The molecule has 0 amide bonds. The van der Waals surface area contributed by atoms with Crippen LogP contribution in [-0.4, -0.2) is 41.5 Å². The van der Waals surface area contributed by atoms with Crippen LogP contribution in [0.4, 0.5) is 0 Å². The molecule has 0 radical (unpaired) electrons. The average Bonchev–Trinajstić information content (AvgIpc) is 2.47. The minimum absolute atomic E-state index is 0. The summed E-state index contributed by atoms with van der Waals surface area (Å²) in [4.78, 5) is 0. The highest BCUT2D eigenvalue weighted by Gasteiger charge is 2.33. The minimum Gasteiger partial charge on any atom is -1.00 e. The highest BCUT2D eigenvalue weighted by Crippen LogP contribution is 2.40. The molecule has 0 fully saturated rings. The van der Waals surface area contributed by atoms with Crippen molar-refractivity contribution < 1.29 is 16.9 Å². The molecule has 0 saturated carbocycles. The Bertz CT molecular complexity index is 443. The zero-order valence-electron chi connectivity index (χ0n) is 14.2. The van der Waals surface area contributed by atoms with Crippen molar-refractivity contribution in [3.63, 3.8) is 0 Å². The Kier molecular flexibility index (Phi) is 13.9. The van der Waals surface area contributed by atoms with E-state index in [4.69, 9.17) is 46.4 Å². The van der Waals surface area contributed by atoms with Crippen LogP contribution in [0.1, 0.15) is 31.9 Å². The lowest BCUT2D eigenvalue weighted by Gasteiger charge is -2.33. The van der Waals surface area contributed by atoms with Crippen LogP contribution in [0.25, 0.3) is 0 Å². The molecule has 1 unspecified atom stereocenters. The molecule has 1 aromatic rings. The molecule has 1 atom stereocenters. The van der Waals surface area contributed by atoms with Crippen LogP contribution in [0.3, 0.4) is 0 Å². The first-order chi connectivity index (χ1) is 10.2. The lowest BCUT2D eigenvalue weighted by atomic mass is 10.1. The van der Waals surface area contributed by atoms with Gasteiger partial charge in [0.15, 0.2) is 0 Å². The van der Waals surface area contributed by atoms with E-state index in [9.17, 15) is 0 Å². The van der Waals surface area contributed by atoms with E-state index >= 15 is 0 Å². The Morgan fingerprint density at radius 3 is 2.00 bits per heavy atom. The summed E-state index contributed by atoms with van der Waals surface area (Å²) in [5.41, 5.74) is 0.924. The zero-order chi connectivity index (χ0) is 16.8. The van der Waals surface area contributed by atoms with Crippen molar-refractivity contribution in [3.05, 3.63) is 34.9 Å². The molecule has 0 saturated heterocycles. The molecule has 0 aliphatic carbocycles. The van der Waals surface area contributed by atoms with Crippen molar-refractivity contribution in [2.45, 2.75) is 30.1 Å². The number of rotatable bonds is 8. The fourth-order valence-corrected chi connectivity index (χ4v) is 3.06. The number of benzene rings is 1. The normalized spacial score (nSPS) is 13.0. The van der Waals surface area contributed by atoms with Gasteiger partial charge in [-0.2, -0.15) is 0 Å². The maximum Gasteiger partial charge on any atom is 0.209 e. The number of quaternary nitrogens is 1. The van der Waals surface area contributed by atoms with Gasteiger partial charge in [-0.3, -0.25) is 0 Å². The molecule has 0 heterocycles. The molecule has 1 N–H and O–H groups in total. The van der Waals surface area contributed by atoms with Gasteiger partial charge in [0.1, 0.15) is 0 Å². The van der Waals surface area contributed by atoms with Gasteiger partial charge in [0.2, 0.25) is 3.79 Å². The summed E-state index contributed by atoms with van der Waals surface area (Å²) in [5, 5.41) is 4.04. The SMILES string of the molecule is CC[N+](C)(CC)CCCNC(c1ccc(Cl)cc1)C(Cl)(Cl)Cl.Cl.[Cl-]. The zero-order valence-corrected chi connectivity index (χ0v) is 18.8. The summed E-state index contributed by atoms with van der Waals surface area (Å²) in [6, 6.07) is 7.05. The van der Waals surface area contributed by atoms with Gasteiger partial charge in [-0.25, -0.2) is 0 Å². The van der Waals surface area contributed by atoms with Crippen LogP contribution in [0, 0.1) is 0 Å². The second kappa shape index (κ2) is 12.3. The smallest absolute Gasteiger partial charge is 0.209 e. The summed E-state index contributed by atoms with van der Waals surface area (Å²) in [5.74, 6) is 0. The van der Waals surface area contributed by atoms with Crippen LogP contribution in [0.5, 0.6) is 0 Å². The number of nitrogens with zero attached hydrogens (tertiary/aromatic N) is 1. The highest BCUT2D eigenvalue weighted by atomic mass is 35.6. The molecular formula is C16H26Cl6N2. The molecule has 1 aromatic carbocycles. The van der Waals surface area contributed by atoms with E-state index in [0.717, 1.165) is 42.6 Å². The van der Waals surface area contributed by atoms with E-state index in [2.05, 4.69) is 26.2 Å². The molecule has 0 bridgehead atoms. The number of hydrogen-bond donors (Lipinski definition) is 1. The Hall–Kier alpha value is 0.880. The van der Waals surface area contributed by atoms with Crippen LogP contribution in [-0.2, 0) is 0 Å². The van der Waals surface area contributed by atoms with Gasteiger partial charge >= 0.3 is 0 Å². The Morgan fingerprint density at radius 1 is 1.08 bits per heavy atom. The van der Waals surface area contributed by atoms with E-state index in [-0.39, 0.29) is 30.9 Å². The first-order valence-electron chi connectivity index (χ1n) is 7.61. The standard InChI is InChI=1S/C16H25Cl4N2.2ClH/c1-4-22(3,5-2)12-6-11-21-15(16(18,19)20)13-7-9-14(17)10-8-13;;/h7-10,15,21H,4-6,11-12H2,1-3H3;2*1H/q+1;;/p-1. The molecule has 24 heavy (non-hydrogen) atoms. The Balaban J connectivity index is 0. The fourth-order valence-electron chi connectivity index (χ4n) is 2.32. The van der Waals surface area contributed by atoms with Crippen LogP contribution in [0.2, 0.25) is 5.02 Å². The summed E-state index contributed by atoms with van der Waals surface area (Å²) < 4.78 is -0.345. The van der Waals surface area contributed by atoms with E-state index in [1.807, 2.05) is 24.3 Å². The topological polar surface area (TPSA) is 12.0 Å². The minimum atomic E-state index is -1.40. The first-order valence-corrected chi connectivity index (χ1v) is 9.12. The molecule has 0 aliphatic rings. The average molecular weight is 459 g/mol. The summed E-state index contributed by atoms with van der Waals surface area (Å²) >= 11 is 24.3. The predicted molar refractivity (Wildman–Crippen MR) is 106 cm³/mol. The molecule has 0 spiro atoms. The van der Waals surface area contributed by atoms with Gasteiger partial charge in [0, 0.05) is 18.0 Å². The van der Waals surface area contributed by atoms with Gasteiger partial charge in [-0.15, -0.1) is 12.4 Å². The summed E-state index contributed by atoms with van der Waals surface area (Å²) in [6.07, 6.45) is 1.03. The number of hydrogen-bond acceptors (Lipinski definition) is 1. The molecule has 142 valence electrons. The van der Waals surface area contributed by atoms with Crippen molar-refractivity contribution in [1.29, 1.82) is 0 Å². The third-order valence-corrected chi connectivity index (χ3v) is 5.19. The molecule has 2 nitrogen and oxygen atoms in total. The van der Waals surface area contributed by atoms with E-state index in [0.29, 0.717) is 5.02 Å². The second-order valence-electron chi connectivity index (χ2n) is 5.81. The van der Waals surface area contributed by atoms with Gasteiger partial charge in [-0.1, -0.05) is 58.5 Å². The van der Waals surface area contributed by atoms with E-state index < -0.39 is 3.79 Å². The third kappa shape index (κ3) is 9.00. The van der Waals surface area contributed by atoms with E-state index in [1.54, 1.807) is 0 Å². The lowest BCUT2D eigenvalue weighted by molar-refractivity contribution is -0.906. The molecule has 8 heteroatoms. The molecule has 0 aromatic heterocycles. The summed E-state index contributed by atoms with van der Waals surface area (Å²) in [7, 11) is 2.27. The van der Waals surface area contributed by atoms with Gasteiger partial charge in [0.05, 0.1) is 32.7 Å². The maximum absolute atomic E-state index is 6.13. The van der Waals surface area contributed by atoms with Crippen LogP contribution in [0.15, 0.2) is 24.3 Å². The lowest BCUT2D eigenvalue weighted by Crippen LogP contribution is -3.00. The maximum atomic E-state index is 6.13. The van der Waals surface area contributed by atoms with Crippen LogP contribution < -0.4 is 17.7 Å². The number of nitrogens with one attached hydrogen (secondary N) is 1. The molecule has 0 aliphatic heterocycles. The quantitative estimate of drug-likeness (QED) is 0.359. The van der Waals surface area contributed by atoms with Crippen molar-refractivity contribution in [3.8, 4) is 0 Å². The largest absolute Gasteiger partial charge is 1.00 e. The first kappa shape index (κ1) is 27.1. The van der Waals surface area contributed by atoms with Crippen molar-refractivity contribution in [2.24, 2.45) is 0 Å². The second-order valence-corrected chi connectivity index (χ2v) is 8.61. The monoisotopic (exact) mass is 456 g/mol. The Labute approximate surface area is 178 Å².